The van der Waals surface area contributed by atoms with Crippen LogP contribution in [0.4, 0.5) is 4.39 Å². The molecule has 0 fully saturated rings. The zero-order valence-corrected chi connectivity index (χ0v) is 9.77. The number of benzene rings is 1. The van der Waals surface area contributed by atoms with Gasteiger partial charge in [0.1, 0.15) is 11.6 Å². The highest BCUT2D eigenvalue weighted by Gasteiger charge is 2.09. The van der Waals surface area contributed by atoms with Gasteiger partial charge >= 0.3 is 0 Å². The molecule has 0 bridgehead atoms. The van der Waals surface area contributed by atoms with Crippen molar-refractivity contribution in [3.8, 4) is 11.8 Å². The summed E-state index contributed by atoms with van der Waals surface area (Å²) in [7, 11) is 0. The van der Waals surface area contributed by atoms with Gasteiger partial charge in [0.05, 0.1) is 5.02 Å². The molecule has 0 amide bonds. The Hall–Kier alpha value is -1.33. The Bertz CT molecular complexity index is 443. The van der Waals surface area contributed by atoms with E-state index in [-0.39, 0.29) is 17.2 Å². The quantitative estimate of drug-likeness (QED) is 0.735. The van der Waals surface area contributed by atoms with Crippen LogP contribution in [0.2, 0.25) is 5.02 Å². The molecule has 0 atom stereocenters. The van der Waals surface area contributed by atoms with E-state index in [1.54, 1.807) is 19.1 Å². The molecule has 0 aliphatic carbocycles. The first-order valence-electron chi connectivity index (χ1n) is 4.99. The second-order valence-electron chi connectivity index (χ2n) is 3.36. The lowest BCUT2D eigenvalue weighted by atomic mass is 10.1. The first-order chi connectivity index (χ1) is 7.65. The van der Waals surface area contributed by atoms with Crippen LogP contribution in [0.1, 0.15) is 25.3 Å². The summed E-state index contributed by atoms with van der Waals surface area (Å²) in [6, 6.07) is 4.68. The lowest BCUT2D eigenvalue weighted by Gasteiger charge is -2.02. The third kappa shape index (κ3) is 3.67. The molecule has 1 aromatic rings. The van der Waals surface area contributed by atoms with E-state index in [0.717, 1.165) is 0 Å². The molecule has 84 valence electrons. The molecule has 0 saturated carbocycles. The van der Waals surface area contributed by atoms with Crippen molar-refractivity contribution in [3.05, 3.63) is 34.6 Å². The van der Waals surface area contributed by atoms with E-state index >= 15 is 0 Å². The van der Waals surface area contributed by atoms with Crippen molar-refractivity contribution >= 4 is 17.4 Å². The summed E-state index contributed by atoms with van der Waals surface area (Å²) in [6.45, 7) is 1.72. The fraction of sp³-hybridized carbons (Fsp3) is 0.308. The predicted octanol–water partition coefficient (Wildman–Crippen LogP) is 3.39. The van der Waals surface area contributed by atoms with Crippen LogP contribution < -0.4 is 0 Å². The van der Waals surface area contributed by atoms with Crippen LogP contribution in [0.15, 0.2) is 18.2 Å². The van der Waals surface area contributed by atoms with Crippen LogP contribution in [-0.2, 0) is 11.2 Å². The normalized spacial score (nSPS) is 9.44. The molecule has 0 N–H and O–H groups in total. The lowest BCUT2D eigenvalue weighted by molar-refractivity contribution is -0.118. The molecule has 1 nitrogen and oxygen atoms in total. The van der Waals surface area contributed by atoms with Gasteiger partial charge in [0, 0.05) is 19.3 Å². The summed E-state index contributed by atoms with van der Waals surface area (Å²) in [5.41, 5.74) is 0.349. The van der Waals surface area contributed by atoms with Crippen LogP contribution in [0, 0.1) is 17.7 Å². The third-order valence-electron chi connectivity index (χ3n) is 2.12. The van der Waals surface area contributed by atoms with E-state index in [0.29, 0.717) is 18.4 Å². The number of Topliss-reactive ketones (excluding diaryl/α,β-unsaturated/α-hetero) is 1. The molecule has 0 unspecified atom stereocenters. The Balaban J connectivity index is 2.61. The molecular weight excluding hydrogens is 227 g/mol. The Morgan fingerprint density at radius 2 is 2.25 bits per heavy atom. The standard InChI is InChI=1S/C13H12ClFO/c1-2-3-4-7-11(16)9-10-6-5-8-12(14)13(10)15/h5-6,8H,4,7,9H2,1H3. The number of rotatable bonds is 4. The maximum Gasteiger partial charge on any atom is 0.145 e. The zero-order chi connectivity index (χ0) is 12.0. The highest BCUT2D eigenvalue weighted by atomic mass is 35.5. The van der Waals surface area contributed by atoms with Gasteiger partial charge < -0.3 is 0 Å². The van der Waals surface area contributed by atoms with E-state index in [9.17, 15) is 9.18 Å². The van der Waals surface area contributed by atoms with E-state index in [1.807, 2.05) is 0 Å². The van der Waals surface area contributed by atoms with Crippen molar-refractivity contribution in [1.82, 2.24) is 0 Å². The van der Waals surface area contributed by atoms with E-state index in [2.05, 4.69) is 11.8 Å². The lowest BCUT2D eigenvalue weighted by Crippen LogP contribution is -2.04. The van der Waals surface area contributed by atoms with Gasteiger partial charge in [-0.15, -0.1) is 11.8 Å². The molecule has 1 rings (SSSR count). The average molecular weight is 239 g/mol. The van der Waals surface area contributed by atoms with Gasteiger partial charge in [0.25, 0.3) is 0 Å². The molecule has 0 radical (unpaired) electrons. The minimum absolute atomic E-state index is 0.0242. The molecule has 0 heterocycles. The van der Waals surface area contributed by atoms with Crippen LogP contribution in [-0.4, -0.2) is 5.78 Å². The van der Waals surface area contributed by atoms with Gasteiger partial charge in [0.15, 0.2) is 0 Å². The van der Waals surface area contributed by atoms with E-state index in [4.69, 9.17) is 11.6 Å². The number of carbonyl (C=O) groups excluding carboxylic acids is 1. The smallest absolute Gasteiger partial charge is 0.145 e. The summed E-state index contributed by atoms with van der Waals surface area (Å²) >= 11 is 5.62. The van der Waals surface area contributed by atoms with Crippen molar-refractivity contribution < 1.29 is 9.18 Å². The van der Waals surface area contributed by atoms with Crippen LogP contribution >= 0.6 is 11.6 Å². The Kier molecular flexibility index (Phi) is 5.01. The second kappa shape index (κ2) is 6.30. The minimum atomic E-state index is -0.501. The Morgan fingerprint density at radius 3 is 2.94 bits per heavy atom. The number of ketones is 1. The van der Waals surface area contributed by atoms with Crippen molar-refractivity contribution in [2.45, 2.75) is 26.2 Å². The minimum Gasteiger partial charge on any atom is -0.299 e. The van der Waals surface area contributed by atoms with Crippen LogP contribution in [0.5, 0.6) is 0 Å². The van der Waals surface area contributed by atoms with Crippen molar-refractivity contribution in [1.29, 1.82) is 0 Å². The molecular formula is C13H12ClFO. The first-order valence-corrected chi connectivity index (χ1v) is 5.37. The number of carbonyl (C=O) groups is 1. The summed E-state index contributed by atoms with van der Waals surface area (Å²) in [5, 5.41) is 0.0543. The largest absolute Gasteiger partial charge is 0.299 e. The maximum absolute atomic E-state index is 13.4. The van der Waals surface area contributed by atoms with Gasteiger partial charge in [0.2, 0.25) is 0 Å². The predicted molar refractivity (Wildman–Crippen MR) is 62.8 cm³/mol. The molecule has 0 spiro atoms. The van der Waals surface area contributed by atoms with Crippen LogP contribution in [0.3, 0.4) is 0 Å². The van der Waals surface area contributed by atoms with Gasteiger partial charge in [-0.05, 0) is 18.6 Å². The monoisotopic (exact) mass is 238 g/mol. The molecule has 16 heavy (non-hydrogen) atoms. The number of halogens is 2. The molecule has 1 aromatic carbocycles. The number of hydrogen-bond donors (Lipinski definition) is 0. The van der Waals surface area contributed by atoms with Crippen LogP contribution in [0.25, 0.3) is 0 Å². The Morgan fingerprint density at radius 1 is 1.50 bits per heavy atom. The fourth-order valence-electron chi connectivity index (χ4n) is 1.31. The average Bonchev–Trinajstić information content (AvgIpc) is 2.25. The first kappa shape index (κ1) is 12.7. The fourth-order valence-corrected chi connectivity index (χ4v) is 1.51. The topological polar surface area (TPSA) is 17.1 Å². The van der Waals surface area contributed by atoms with Gasteiger partial charge in [-0.3, -0.25) is 4.79 Å². The maximum atomic E-state index is 13.4. The summed E-state index contributed by atoms with van der Waals surface area (Å²) in [6.07, 6.45) is 0.960. The van der Waals surface area contributed by atoms with Crippen molar-refractivity contribution in [3.63, 3.8) is 0 Å². The summed E-state index contributed by atoms with van der Waals surface area (Å²) in [4.78, 5) is 11.5. The number of hydrogen-bond acceptors (Lipinski definition) is 1. The van der Waals surface area contributed by atoms with Gasteiger partial charge in [-0.1, -0.05) is 23.7 Å². The van der Waals surface area contributed by atoms with E-state index < -0.39 is 5.82 Å². The van der Waals surface area contributed by atoms with Crippen molar-refractivity contribution in [2.24, 2.45) is 0 Å². The zero-order valence-electron chi connectivity index (χ0n) is 9.02. The highest BCUT2D eigenvalue weighted by Crippen LogP contribution is 2.18. The molecule has 0 aliphatic rings. The SMILES string of the molecule is CC#CCCC(=O)Cc1cccc(Cl)c1F. The van der Waals surface area contributed by atoms with Gasteiger partial charge in [-0.25, -0.2) is 4.39 Å². The second-order valence-corrected chi connectivity index (χ2v) is 3.76. The summed E-state index contributed by atoms with van der Waals surface area (Å²) in [5.74, 6) is 4.99. The molecule has 3 heteroatoms. The molecule has 0 aromatic heterocycles. The van der Waals surface area contributed by atoms with E-state index in [1.165, 1.54) is 6.07 Å². The third-order valence-corrected chi connectivity index (χ3v) is 2.42. The molecule has 0 saturated heterocycles. The molecule has 0 aliphatic heterocycles. The summed E-state index contributed by atoms with van der Waals surface area (Å²) < 4.78 is 13.4. The van der Waals surface area contributed by atoms with Crippen molar-refractivity contribution in [2.75, 3.05) is 0 Å². The highest BCUT2D eigenvalue weighted by molar-refractivity contribution is 6.30. The Labute approximate surface area is 99.6 Å². The van der Waals surface area contributed by atoms with Gasteiger partial charge in [-0.2, -0.15) is 0 Å².